The number of rotatable bonds is 5. The first-order valence-corrected chi connectivity index (χ1v) is 10.6. The van der Waals surface area contributed by atoms with Crippen LogP contribution in [0.1, 0.15) is 50.5 Å². The SMILES string of the molecule is CN=C(NCc1ccc(N2CCCCCC2)nc1)N1CCCC(CC(N)=O)C1.I. The van der Waals surface area contributed by atoms with E-state index in [1.165, 1.54) is 25.7 Å². The molecular formula is C21H35IN6O. The molecule has 1 aromatic heterocycles. The number of primary amides is 1. The van der Waals surface area contributed by atoms with Gasteiger partial charge < -0.3 is 20.9 Å². The van der Waals surface area contributed by atoms with E-state index in [0.717, 1.165) is 56.4 Å². The molecule has 1 amide bonds. The van der Waals surface area contributed by atoms with Crippen LogP contribution in [0.2, 0.25) is 0 Å². The van der Waals surface area contributed by atoms with Gasteiger partial charge in [-0.25, -0.2) is 4.98 Å². The smallest absolute Gasteiger partial charge is 0.217 e. The summed E-state index contributed by atoms with van der Waals surface area (Å²) < 4.78 is 0. The Labute approximate surface area is 191 Å². The van der Waals surface area contributed by atoms with E-state index in [4.69, 9.17) is 5.73 Å². The first kappa shape index (κ1) is 23.7. The molecule has 0 aliphatic carbocycles. The van der Waals surface area contributed by atoms with Crippen LogP contribution < -0.4 is 16.0 Å². The molecule has 7 nitrogen and oxygen atoms in total. The number of nitrogens with zero attached hydrogens (tertiary/aromatic N) is 4. The number of pyridine rings is 1. The van der Waals surface area contributed by atoms with Crippen LogP contribution in [0.4, 0.5) is 5.82 Å². The zero-order valence-electron chi connectivity index (χ0n) is 17.5. The maximum absolute atomic E-state index is 11.2. The van der Waals surface area contributed by atoms with Crippen LogP contribution in [0.5, 0.6) is 0 Å². The fraction of sp³-hybridized carbons (Fsp3) is 0.667. The Morgan fingerprint density at radius 1 is 1.21 bits per heavy atom. The Hall–Kier alpha value is -1.58. The number of halogens is 1. The van der Waals surface area contributed by atoms with Crippen LogP contribution in [0, 0.1) is 5.92 Å². The number of nitrogens with two attached hydrogens (primary N) is 1. The molecule has 3 heterocycles. The van der Waals surface area contributed by atoms with Crippen LogP contribution in [0.3, 0.4) is 0 Å². The number of carbonyl (C=O) groups is 1. The van der Waals surface area contributed by atoms with E-state index in [0.29, 0.717) is 18.9 Å². The quantitative estimate of drug-likeness (QED) is 0.359. The number of hydrogen-bond acceptors (Lipinski definition) is 4. The van der Waals surface area contributed by atoms with E-state index in [2.05, 4.69) is 37.2 Å². The van der Waals surface area contributed by atoms with Crippen LogP contribution in [-0.2, 0) is 11.3 Å². The number of carbonyl (C=O) groups excluding carboxylic acids is 1. The maximum atomic E-state index is 11.2. The van der Waals surface area contributed by atoms with Crippen molar-refractivity contribution in [1.29, 1.82) is 0 Å². The van der Waals surface area contributed by atoms with Gasteiger partial charge in [-0.15, -0.1) is 24.0 Å². The van der Waals surface area contributed by atoms with Gasteiger partial charge in [-0.3, -0.25) is 9.79 Å². The second-order valence-electron chi connectivity index (χ2n) is 7.95. The zero-order valence-corrected chi connectivity index (χ0v) is 19.8. The number of nitrogens with one attached hydrogen (secondary N) is 1. The summed E-state index contributed by atoms with van der Waals surface area (Å²) in [6.07, 6.45) is 9.70. The summed E-state index contributed by atoms with van der Waals surface area (Å²) in [5, 5.41) is 3.44. The van der Waals surface area contributed by atoms with E-state index in [1.807, 2.05) is 6.20 Å². The highest BCUT2D eigenvalue weighted by Gasteiger charge is 2.23. The molecule has 2 fully saturated rings. The van der Waals surface area contributed by atoms with Crippen molar-refractivity contribution in [2.75, 3.05) is 38.1 Å². The Morgan fingerprint density at radius 2 is 1.97 bits per heavy atom. The fourth-order valence-corrected chi connectivity index (χ4v) is 4.23. The number of likely N-dealkylation sites (tertiary alicyclic amines) is 1. The van der Waals surface area contributed by atoms with E-state index in [9.17, 15) is 4.79 Å². The molecule has 0 saturated carbocycles. The van der Waals surface area contributed by atoms with E-state index in [-0.39, 0.29) is 29.9 Å². The van der Waals surface area contributed by atoms with Crippen molar-refractivity contribution in [3.05, 3.63) is 23.9 Å². The molecule has 3 rings (SSSR count). The maximum Gasteiger partial charge on any atom is 0.217 e. The monoisotopic (exact) mass is 514 g/mol. The van der Waals surface area contributed by atoms with Crippen molar-refractivity contribution in [2.24, 2.45) is 16.6 Å². The largest absolute Gasteiger partial charge is 0.370 e. The minimum atomic E-state index is -0.217. The van der Waals surface area contributed by atoms with E-state index < -0.39 is 0 Å². The molecule has 0 bridgehead atoms. The number of aromatic nitrogens is 1. The van der Waals surface area contributed by atoms with Gasteiger partial charge in [-0.05, 0) is 43.2 Å². The Kier molecular flexibility index (Phi) is 9.96. The number of piperidine rings is 1. The third kappa shape index (κ3) is 7.31. The van der Waals surface area contributed by atoms with Gasteiger partial charge in [0.05, 0.1) is 0 Å². The highest BCUT2D eigenvalue weighted by molar-refractivity contribution is 14.0. The Bertz CT molecular complexity index is 658. The zero-order chi connectivity index (χ0) is 19.8. The molecule has 1 aromatic rings. The average molecular weight is 514 g/mol. The highest BCUT2D eigenvalue weighted by atomic mass is 127. The topological polar surface area (TPSA) is 86.8 Å². The summed E-state index contributed by atoms with van der Waals surface area (Å²) in [6.45, 7) is 4.70. The van der Waals surface area contributed by atoms with Crippen LogP contribution in [0.25, 0.3) is 0 Å². The first-order valence-electron chi connectivity index (χ1n) is 10.6. The molecule has 2 aliphatic rings. The van der Waals surface area contributed by atoms with Crippen molar-refractivity contribution in [3.8, 4) is 0 Å². The highest BCUT2D eigenvalue weighted by Crippen LogP contribution is 2.20. The number of aliphatic imine (C=N–C) groups is 1. The van der Waals surface area contributed by atoms with Crippen LogP contribution >= 0.6 is 24.0 Å². The van der Waals surface area contributed by atoms with Crippen molar-refractivity contribution >= 4 is 41.7 Å². The van der Waals surface area contributed by atoms with Gasteiger partial charge in [-0.2, -0.15) is 0 Å². The molecule has 3 N–H and O–H groups in total. The normalized spacial score (nSPS) is 20.6. The van der Waals surface area contributed by atoms with E-state index in [1.54, 1.807) is 7.05 Å². The molecule has 162 valence electrons. The lowest BCUT2D eigenvalue weighted by molar-refractivity contribution is -0.119. The lowest BCUT2D eigenvalue weighted by atomic mass is 9.95. The third-order valence-electron chi connectivity index (χ3n) is 5.71. The fourth-order valence-electron chi connectivity index (χ4n) is 4.23. The van der Waals surface area contributed by atoms with Crippen molar-refractivity contribution in [3.63, 3.8) is 0 Å². The average Bonchev–Trinajstić information content (AvgIpc) is 2.98. The number of guanidine groups is 1. The lowest BCUT2D eigenvalue weighted by Crippen LogP contribution is -2.46. The van der Waals surface area contributed by atoms with E-state index >= 15 is 0 Å². The third-order valence-corrected chi connectivity index (χ3v) is 5.71. The molecule has 1 atom stereocenters. The summed E-state index contributed by atoms with van der Waals surface area (Å²) in [6, 6.07) is 4.29. The number of anilines is 1. The number of amides is 1. The van der Waals surface area contributed by atoms with Gasteiger partial charge in [0.1, 0.15) is 5.82 Å². The Morgan fingerprint density at radius 3 is 2.59 bits per heavy atom. The second-order valence-corrected chi connectivity index (χ2v) is 7.95. The number of hydrogen-bond donors (Lipinski definition) is 2. The standard InChI is InChI=1S/C21H34N6O.HI/c1-23-21(27-12-6-7-17(16-27)13-19(22)28)25-15-18-8-9-20(24-14-18)26-10-4-2-3-5-11-26;/h8-9,14,17H,2-7,10-13,15-16H2,1H3,(H2,22,28)(H,23,25);1H. The molecule has 1 unspecified atom stereocenters. The first-order chi connectivity index (χ1) is 13.7. The molecule has 0 aromatic carbocycles. The van der Waals surface area contributed by atoms with Gasteiger partial charge in [0.2, 0.25) is 5.91 Å². The van der Waals surface area contributed by atoms with Crippen LogP contribution in [0.15, 0.2) is 23.3 Å². The summed E-state index contributed by atoms with van der Waals surface area (Å²) in [4.78, 5) is 25.0. The van der Waals surface area contributed by atoms with Crippen molar-refractivity contribution < 1.29 is 4.79 Å². The Balaban J connectivity index is 0.00000300. The molecule has 0 spiro atoms. The predicted molar refractivity (Wildman–Crippen MR) is 129 cm³/mol. The molecule has 2 aliphatic heterocycles. The van der Waals surface area contributed by atoms with Gasteiger partial charge in [0, 0.05) is 52.4 Å². The van der Waals surface area contributed by atoms with Gasteiger partial charge >= 0.3 is 0 Å². The molecular weight excluding hydrogens is 479 g/mol. The summed E-state index contributed by atoms with van der Waals surface area (Å²) in [5.41, 5.74) is 6.52. The van der Waals surface area contributed by atoms with Gasteiger partial charge in [0.15, 0.2) is 5.96 Å². The van der Waals surface area contributed by atoms with Crippen molar-refractivity contribution in [2.45, 2.75) is 51.5 Å². The molecule has 8 heteroatoms. The van der Waals surface area contributed by atoms with Gasteiger partial charge in [0.25, 0.3) is 0 Å². The van der Waals surface area contributed by atoms with Crippen LogP contribution in [-0.4, -0.2) is 55.0 Å². The predicted octanol–water partition coefficient (Wildman–Crippen LogP) is 2.74. The lowest BCUT2D eigenvalue weighted by Gasteiger charge is -2.34. The summed E-state index contributed by atoms with van der Waals surface area (Å²) in [7, 11) is 1.81. The second kappa shape index (κ2) is 12.2. The summed E-state index contributed by atoms with van der Waals surface area (Å²) >= 11 is 0. The molecule has 29 heavy (non-hydrogen) atoms. The summed E-state index contributed by atoms with van der Waals surface area (Å²) in [5.74, 6) is 2.07. The molecule has 2 saturated heterocycles. The minimum Gasteiger partial charge on any atom is -0.370 e. The van der Waals surface area contributed by atoms with Crippen molar-refractivity contribution in [1.82, 2.24) is 15.2 Å². The van der Waals surface area contributed by atoms with Gasteiger partial charge in [-0.1, -0.05) is 18.9 Å². The minimum absolute atomic E-state index is 0. The molecule has 0 radical (unpaired) electrons.